The Morgan fingerprint density at radius 2 is 1.82 bits per heavy atom. The van der Waals surface area contributed by atoms with E-state index in [9.17, 15) is 0 Å². The lowest BCUT2D eigenvalue weighted by molar-refractivity contribution is 0.802. The Morgan fingerprint density at radius 1 is 1.18 bits per heavy atom. The largest absolute Gasteiger partial charge is 0.370 e. The fourth-order valence-corrected chi connectivity index (χ4v) is 3.47. The van der Waals surface area contributed by atoms with Crippen molar-refractivity contribution in [2.45, 2.75) is 43.3 Å². The summed E-state index contributed by atoms with van der Waals surface area (Å²) < 4.78 is 0.202. The Hall–Kier alpha value is -0.340. The molecule has 1 heterocycles. The number of thioether (sulfide) groups is 1. The molecule has 0 saturated carbocycles. The highest BCUT2D eigenvalue weighted by atomic mass is 35.5. The maximum absolute atomic E-state index is 6.53. The predicted octanol–water partition coefficient (Wildman–Crippen LogP) is 4.83. The molecule has 1 aliphatic heterocycles. The minimum Gasteiger partial charge on any atom is -0.370 e. The van der Waals surface area contributed by atoms with Gasteiger partial charge in [-0.25, -0.2) is 0 Å². The highest BCUT2D eigenvalue weighted by molar-refractivity contribution is 8.00. The van der Waals surface area contributed by atoms with Crippen LogP contribution in [0, 0.1) is 0 Å². The molecule has 2 rings (SSSR count). The first kappa shape index (κ1) is 13.1. The second-order valence-electron chi connectivity index (χ2n) is 5.50. The Bertz CT molecular complexity index is 392. The summed E-state index contributed by atoms with van der Waals surface area (Å²) >= 11 is 8.37. The number of nitrogens with zero attached hydrogens (tertiary/aromatic N) is 1. The third kappa shape index (κ3) is 3.32. The van der Waals surface area contributed by atoms with Gasteiger partial charge in [0.05, 0.1) is 10.7 Å². The predicted molar refractivity (Wildman–Crippen MR) is 78.5 cm³/mol. The van der Waals surface area contributed by atoms with E-state index in [1.54, 1.807) is 0 Å². The number of hydrogen-bond donors (Lipinski definition) is 0. The third-order valence-corrected chi connectivity index (χ3v) is 4.49. The summed E-state index contributed by atoms with van der Waals surface area (Å²) in [4.78, 5) is 3.60. The van der Waals surface area contributed by atoms with Crippen LogP contribution in [-0.2, 0) is 0 Å². The highest BCUT2D eigenvalue weighted by Gasteiger charge is 2.19. The van der Waals surface area contributed by atoms with E-state index in [0.29, 0.717) is 0 Å². The Labute approximate surface area is 114 Å². The van der Waals surface area contributed by atoms with Crippen LogP contribution in [0.5, 0.6) is 0 Å². The van der Waals surface area contributed by atoms with Gasteiger partial charge in [0.15, 0.2) is 0 Å². The molecule has 1 fully saturated rings. The summed E-state index contributed by atoms with van der Waals surface area (Å²) in [7, 11) is 0. The van der Waals surface area contributed by atoms with Gasteiger partial charge in [-0.05, 0) is 25.0 Å². The van der Waals surface area contributed by atoms with Crippen molar-refractivity contribution >= 4 is 29.1 Å². The molecule has 0 aliphatic carbocycles. The van der Waals surface area contributed by atoms with E-state index in [0.717, 1.165) is 18.1 Å². The molecule has 0 bridgehead atoms. The average Bonchev–Trinajstić information content (AvgIpc) is 2.72. The summed E-state index contributed by atoms with van der Waals surface area (Å²) in [6, 6.07) is 6.38. The van der Waals surface area contributed by atoms with E-state index < -0.39 is 0 Å². The zero-order chi connectivity index (χ0) is 12.5. The second-order valence-corrected chi connectivity index (χ2v) is 7.74. The van der Waals surface area contributed by atoms with E-state index >= 15 is 0 Å². The number of hydrogen-bond acceptors (Lipinski definition) is 2. The van der Waals surface area contributed by atoms with Crippen LogP contribution in [0.4, 0.5) is 5.69 Å². The van der Waals surface area contributed by atoms with E-state index in [1.165, 1.54) is 23.4 Å². The molecule has 3 heteroatoms. The van der Waals surface area contributed by atoms with Crippen molar-refractivity contribution in [3.8, 4) is 0 Å². The van der Waals surface area contributed by atoms with Crippen molar-refractivity contribution in [2.24, 2.45) is 0 Å². The normalized spacial score (nSPS) is 16.6. The zero-order valence-corrected chi connectivity index (χ0v) is 12.4. The van der Waals surface area contributed by atoms with Gasteiger partial charge in [0.1, 0.15) is 0 Å². The lowest BCUT2D eigenvalue weighted by atomic mass is 10.2. The molecule has 0 radical (unpaired) electrons. The Balaban J connectivity index is 2.26. The minimum absolute atomic E-state index is 0.202. The SMILES string of the molecule is CC(C)(C)Sc1cccc(N2CCCC2)c1Cl. The summed E-state index contributed by atoms with van der Waals surface area (Å²) in [5.74, 6) is 0. The molecule has 17 heavy (non-hydrogen) atoms. The molecule has 0 amide bonds. The first-order chi connectivity index (χ1) is 7.97. The van der Waals surface area contributed by atoms with E-state index in [1.807, 2.05) is 11.8 Å². The molecule has 1 aliphatic rings. The maximum atomic E-state index is 6.53. The van der Waals surface area contributed by atoms with Crippen molar-refractivity contribution in [3.05, 3.63) is 23.2 Å². The number of benzene rings is 1. The van der Waals surface area contributed by atoms with Gasteiger partial charge in [-0.15, -0.1) is 11.8 Å². The minimum atomic E-state index is 0.202. The topological polar surface area (TPSA) is 3.24 Å². The lowest BCUT2D eigenvalue weighted by Gasteiger charge is -2.23. The van der Waals surface area contributed by atoms with Gasteiger partial charge in [0, 0.05) is 22.7 Å². The van der Waals surface area contributed by atoms with Gasteiger partial charge in [0.2, 0.25) is 0 Å². The van der Waals surface area contributed by atoms with Crippen molar-refractivity contribution in [1.82, 2.24) is 0 Å². The van der Waals surface area contributed by atoms with Crippen LogP contribution in [0.3, 0.4) is 0 Å². The smallest absolute Gasteiger partial charge is 0.0775 e. The third-order valence-electron chi connectivity index (χ3n) is 2.81. The average molecular weight is 270 g/mol. The maximum Gasteiger partial charge on any atom is 0.0775 e. The standard InChI is InChI=1S/C14H20ClNS/c1-14(2,3)17-12-8-6-7-11(13(12)15)16-9-4-5-10-16/h6-8H,4-5,9-10H2,1-3H3. The van der Waals surface area contributed by atoms with Crippen molar-refractivity contribution < 1.29 is 0 Å². The van der Waals surface area contributed by atoms with Gasteiger partial charge < -0.3 is 4.90 Å². The summed E-state index contributed by atoms with van der Waals surface area (Å²) in [6.45, 7) is 8.94. The Kier molecular flexibility index (Phi) is 3.94. The molecule has 0 atom stereocenters. The summed E-state index contributed by atoms with van der Waals surface area (Å²) in [5, 5.41) is 0.925. The van der Waals surface area contributed by atoms with E-state index in [2.05, 4.69) is 43.9 Å². The van der Waals surface area contributed by atoms with Crippen molar-refractivity contribution in [1.29, 1.82) is 0 Å². The second kappa shape index (κ2) is 5.11. The molecule has 1 aromatic carbocycles. The molecule has 1 aromatic rings. The van der Waals surface area contributed by atoms with Crippen LogP contribution < -0.4 is 4.90 Å². The summed E-state index contributed by atoms with van der Waals surface area (Å²) in [6.07, 6.45) is 2.57. The number of rotatable bonds is 2. The van der Waals surface area contributed by atoms with Crippen molar-refractivity contribution in [2.75, 3.05) is 18.0 Å². The van der Waals surface area contributed by atoms with Crippen LogP contribution in [0.1, 0.15) is 33.6 Å². The van der Waals surface area contributed by atoms with E-state index in [-0.39, 0.29) is 4.75 Å². The van der Waals surface area contributed by atoms with E-state index in [4.69, 9.17) is 11.6 Å². The van der Waals surface area contributed by atoms with Gasteiger partial charge in [-0.1, -0.05) is 38.4 Å². The molecule has 1 nitrogen and oxygen atoms in total. The first-order valence-corrected chi connectivity index (χ1v) is 7.39. The molecular weight excluding hydrogens is 250 g/mol. The van der Waals surface area contributed by atoms with Crippen LogP contribution >= 0.6 is 23.4 Å². The number of halogens is 1. The Morgan fingerprint density at radius 3 is 2.41 bits per heavy atom. The quantitative estimate of drug-likeness (QED) is 0.708. The van der Waals surface area contributed by atoms with Crippen LogP contribution in [0.2, 0.25) is 5.02 Å². The molecule has 0 N–H and O–H groups in total. The van der Waals surface area contributed by atoms with Crippen LogP contribution in [0.15, 0.2) is 23.1 Å². The summed E-state index contributed by atoms with van der Waals surface area (Å²) in [5.41, 5.74) is 1.21. The zero-order valence-electron chi connectivity index (χ0n) is 10.8. The van der Waals surface area contributed by atoms with Gasteiger partial charge in [-0.3, -0.25) is 0 Å². The lowest BCUT2D eigenvalue weighted by Crippen LogP contribution is -2.18. The monoisotopic (exact) mass is 269 g/mol. The van der Waals surface area contributed by atoms with Crippen molar-refractivity contribution in [3.63, 3.8) is 0 Å². The van der Waals surface area contributed by atoms with Gasteiger partial charge in [-0.2, -0.15) is 0 Å². The number of anilines is 1. The molecular formula is C14H20ClNS. The fraction of sp³-hybridized carbons (Fsp3) is 0.571. The fourth-order valence-electron chi connectivity index (χ4n) is 2.11. The molecule has 1 saturated heterocycles. The van der Waals surface area contributed by atoms with Gasteiger partial charge >= 0.3 is 0 Å². The van der Waals surface area contributed by atoms with Crippen LogP contribution in [0.25, 0.3) is 0 Å². The molecule has 0 unspecified atom stereocenters. The van der Waals surface area contributed by atoms with Crippen LogP contribution in [-0.4, -0.2) is 17.8 Å². The molecule has 0 aromatic heterocycles. The van der Waals surface area contributed by atoms with Gasteiger partial charge in [0.25, 0.3) is 0 Å². The molecule has 0 spiro atoms. The highest BCUT2D eigenvalue weighted by Crippen LogP contribution is 2.41. The molecule has 94 valence electrons. The first-order valence-electron chi connectivity index (χ1n) is 6.20.